The van der Waals surface area contributed by atoms with Gasteiger partial charge in [-0.15, -0.1) is 0 Å². The Bertz CT molecular complexity index is 461. The molecule has 1 N–H and O–H groups in total. The summed E-state index contributed by atoms with van der Waals surface area (Å²) in [4.78, 5) is 11.1. The normalized spacial score (nSPS) is 13.2. The number of carbonyl (C=O) groups is 1. The zero-order valence-corrected chi connectivity index (χ0v) is 12.1. The molecule has 1 unspecified atom stereocenters. The largest absolute Gasteiger partial charge is 0.496 e. The summed E-state index contributed by atoms with van der Waals surface area (Å²) in [6.07, 6.45) is 0. The maximum absolute atomic E-state index is 11.1. The molecule has 0 aliphatic heterocycles. The summed E-state index contributed by atoms with van der Waals surface area (Å²) < 4.78 is 5.41. The molecule has 0 bridgehead atoms. The lowest BCUT2D eigenvalue weighted by atomic mass is 9.83. The van der Waals surface area contributed by atoms with Gasteiger partial charge in [0.2, 0.25) is 0 Å². The molecule has 18 heavy (non-hydrogen) atoms. The van der Waals surface area contributed by atoms with Gasteiger partial charge in [-0.1, -0.05) is 32.4 Å². The smallest absolute Gasteiger partial charge is 0.310 e. The van der Waals surface area contributed by atoms with Gasteiger partial charge >= 0.3 is 5.97 Å². The first-order valence-corrected chi connectivity index (χ1v) is 6.17. The van der Waals surface area contributed by atoms with Crippen molar-refractivity contribution in [1.29, 1.82) is 0 Å². The van der Waals surface area contributed by atoms with E-state index in [2.05, 4.69) is 0 Å². The fourth-order valence-electron chi connectivity index (χ4n) is 1.85. The Morgan fingerprint density at radius 3 is 2.33 bits per heavy atom. The van der Waals surface area contributed by atoms with Crippen LogP contribution in [0.1, 0.15) is 44.7 Å². The summed E-state index contributed by atoms with van der Waals surface area (Å²) in [6.45, 7) is 7.74. The first-order valence-electron chi connectivity index (χ1n) is 5.79. The Labute approximate surface area is 113 Å². The van der Waals surface area contributed by atoms with Gasteiger partial charge in [0.25, 0.3) is 0 Å². The quantitative estimate of drug-likeness (QED) is 0.908. The van der Waals surface area contributed by atoms with Crippen LogP contribution in [0.3, 0.4) is 0 Å². The zero-order chi connectivity index (χ0) is 14.1. The van der Waals surface area contributed by atoms with Crippen molar-refractivity contribution in [3.8, 4) is 5.75 Å². The second kappa shape index (κ2) is 5.19. The molecule has 0 radical (unpaired) electrons. The standard InChI is InChI=1S/C14H19ClO3/c1-8(13(16)17)10-6-9(15)7-11(12(10)18-5)14(2,3)4/h6-8H,1-5H3,(H,16,17). The van der Waals surface area contributed by atoms with Crippen molar-refractivity contribution >= 4 is 17.6 Å². The van der Waals surface area contributed by atoms with E-state index in [1.54, 1.807) is 20.1 Å². The van der Waals surface area contributed by atoms with Crippen LogP contribution < -0.4 is 4.74 Å². The van der Waals surface area contributed by atoms with Crippen molar-refractivity contribution in [1.82, 2.24) is 0 Å². The van der Waals surface area contributed by atoms with Crippen LogP contribution in [0.4, 0.5) is 0 Å². The Balaban J connectivity index is 3.52. The Morgan fingerprint density at radius 1 is 1.39 bits per heavy atom. The van der Waals surface area contributed by atoms with Gasteiger partial charge in [0.1, 0.15) is 5.75 Å². The lowest BCUT2D eigenvalue weighted by Gasteiger charge is -2.25. The van der Waals surface area contributed by atoms with E-state index in [1.807, 2.05) is 26.8 Å². The van der Waals surface area contributed by atoms with Crippen LogP contribution >= 0.6 is 11.6 Å². The topological polar surface area (TPSA) is 46.5 Å². The molecule has 0 fully saturated rings. The highest BCUT2D eigenvalue weighted by molar-refractivity contribution is 6.30. The number of carboxylic acids is 1. The monoisotopic (exact) mass is 270 g/mol. The molecule has 0 heterocycles. The molecule has 1 aromatic carbocycles. The minimum absolute atomic E-state index is 0.163. The molecule has 0 aliphatic carbocycles. The molecule has 0 amide bonds. The van der Waals surface area contributed by atoms with Gasteiger partial charge in [0, 0.05) is 16.1 Å². The molecule has 0 aromatic heterocycles. The number of hydrogen-bond acceptors (Lipinski definition) is 2. The molecule has 3 nitrogen and oxygen atoms in total. The van der Waals surface area contributed by atoms with Crippen molar-refractivity contribution in [2.24, 2.45) is 0 Å². The van der Waals surface area contributed by atoms with Crippen molar-refractivity contribution in [2.45, 2.75) is 39.0 Å². The third-order valence-electron chi connectivity index (χ3n) is 2.93. The zero-order valence-electron chi connectivity index (χ0n) is 11.4. The number of ether oxygens (including phenoxy) is 1. The van der Waals surface area contributed by atoms with Crippen molar-refractivity contribution in [2.75, 3.05) is 7.11 Å². The molecule has 0 spiro atoms. The maximum atomic E-state index is 11.1. The maximum Gasteiger partial charge on any atom is 0.310 e. The van der Waals surface area contributed by atoms with Crippen LogP contribution in [0.15, 0.2) is 12.1 Å². The van der Waals surface area contributed by atoms with Crippen molar-refractivity contribution < 1.29 is 14.6 Å². The molecule has 1 aromatic rings. The van der Waals surface area contributed by atoms with E-state index in [1.165, 1.54) is 0 Å². The minimum atomic E-state index is -0.893. The van der Waals surface area contributed by atoms with E-state index in [4.69, 9.17) is 21.4 Å². The second-order valence-corrected chi connectivity index (χ2v) is 5.82. The highest BCUT2D eigenvalue weighted by atomic mass is 35.5. The molecule has 4 heteroatoms. The average Bonchev–Trinajstić information content (AvgIpc) is 2.25. The first kappa shape index (κ1) is 14.8. The summed E-state index contributed by atoms with van der Waals surface area (Å²) in [5.74, 6) is -0.933. The number of benzene rings is 1. The molecular weight excluding hydrogens is 252 g/mol. The summed E-state index contributed by atoms with van der Waals surface area (Å²) in [7, 11) is 1.55. The third-order valence-corrected chi connectivity index (χ3v) is 3.15. The Morgan fingerprint density at radius 2 is 1.94 bits per heavy atom. The summed E-state index contributed by atoms with van der Waals surface area (Å²) in [6, 6.07) is 3.49. The lowest BCUT2D eigenvalue weighted by molar-refractivity contribution is -0.138. The van der Waals surface area contributed by atoms with Gasteiger partial charge < -0.3 is 9.84 Å². The van der Waals surface area contributed by atoms with Crippen LogP contribution in [-0.4, -0.2) is 18.2 Å². The van der Waals surface area contributed by atoms with Crippen LogP contribution in [0.5, 0.6) is 5.75 Å². The van der Waals surface area contributed by atoms with E-state index < -0.39 is 11.9 Å². The van der Waals surface area contributed by atoms with E-state index in [9.17, 15) is 4.79 Å². The van der Waals surface area contributed by atoms with Crippen LogP contribution in [0, 0.1) is 0 Å². The number of carboxylic acid groups (broad SMARTS) is 1. The fourth-order valence-corrected chi connectivity index (χ4v) is 2.08. The van der Waals surface area contributed by atoms with Gasteiger partial charge in [-0.05, 0) is 24.5 Å². The van der Waals surface area contributed by atoms with Crippen LogP contribution in [0.2, 0.25) is 5.02 Å². The molecule has 0 aliphatic rings. The van der Waals surface area contributed by atoms with E-state index in [0.717, 1.165) is 5.56 Å². The third kappa shape index (κ3) is 2.96. The fraction of sp³-hybridized carbons (Fsp3) is 0.500. The highest BCUT2D eigenvalue weighted by Gasteiger charge is 2.26. The molecular formula is C14H19ClO3. The highest BCUT2D eigenvalue weighted by Crippen LogP contribution is 2.39. The van der Waals surface area contributed by atoms with Crippen molar-refractivity contribution in [3.63, 3.8) is 0 Å². The van der Waals surface area contributed by atoms with Crippen LogP contribution in [-0.2, 0) is 10.2 Å². The predicted octanol–water partition coefficient (Wildman–Crippen LogP) is 3.83. The minimum Gasteiger partial charge on any atom is -0.496 e. The van der Waals surface area contributed by atoms with Gasteiger partial charge in [-0.2, -0.15) is 0 Å². The Hall–Kier alpha value is -1.22. The average molecular weight is 271 g/mol. The van der Waals surface area contributed by atoms with Gasteiger partial charge in [-0.3, -0.25) is 4.79 Å². The number of halogens is 1. The van der Waals surface area contributed by atoms with Gasteiger partial charge in [0.15, 0.2) is 0 Å². The van der Waals surface area contributed by atoms with E-state index >= 15 is 0 Å². The predicted molar refractivity (Wildman–Crippen MR) is 72.8 cm³/mol. The lowest BCUT2D eigenvalue weighted by Crippen LogP contribution is -2.16. The van der Waals surface area contributed by atoms with E-state index in [0.29, 0.717) is 16.3 Å². The van der Waals surface area contributed by atoms with E-state index in [-0.39, 0.29) is 5.41 Å². The van der Waals surface area contributed by atoms with Crippen LogP contribution in [0.25, 0.3) is 0 Å². The SMILES string of the molecule is COc1c(C(C)C(=O)O)cc(Cl)cc1C(C)(C)C. The Kier molecular flexibility index (Phi) is 4.28. The molecule has 1 rings (SSSR count). The number of aliphatic carboxylic acids is 1. The number of methoxy groups -OCH3 is 1. The summed E-state index contributed by atoms with van der Waals surface area (Å²) in [5, 5.41) is 9.67. The molecule has 0 saturated heterocycles. The van der Waals surface area contributed by atoms with Crippen molar-refractivity contribution in [3.05, 3.63) is 28.3 Å². The molecule has 100 valence electrons. The molecule has 0 saturated carbocycles. The first-order chi connectivity index (χ1) is 8.18. The van der Waals surface area contributed by atoms with Gasteiger partial charge in [0.05, 0.1) is 13.0 Å². The summed E-state index contributed by atoms with van der Waals surface area (Å²) >= 11 is 6.09. The second-order valence-electron chi connectivity index (χ2n) is 5.39. The number of rotatable bonds is 3. The summed E-state index contributed by atoms with van der Waals surface area (Å²) in [5.41, 5.74) is 1.37. The molecule has 1 atom stereocenters. The van der Waals surface area contributed by atoms with Gasteiger partial charge in [-0.25, -0.2) is 0 Å². The number of hydrogen-bond donors (Lipinski definition) is 1.